The Morgan fingerprint density at radius 2 is 0.566 bits per heavy atom. The second-order valence-electron chi connectivity index (χ2n) is 57.4. The molecule has 3 atom stereocenters. The molecule has 8 rings (SSSR count). The number of aryl methyl sites for hydroxylation is 1. The Morgan fingerprint density at radius 1 is 0.279 bits per heavy atom. The van der Waals surface area contributed by atoms with E-state index in [2.05, 4.69) is 533 Å². The quantitative estimate of drug-likeness (QED) is 0.169. The predicted octanol–water partition coefficient (Wildman–Crippen LogP) is 38.6. The fourth-order valence-corrected chi connectivity index (χ4v) is 17.4. The van der Waals surface area contributed by atoms with Gasteiger partial charge in [0.15, 0.2) is 0 Å². The van der Waals surface area contributed by atoms with Gasteiger partial charge < -0.3 is 14.6 Å². The van der Waals surface area contributed by atoms with Gasteiger partial charge in [-0.05, 0) is 253 Å². The summed E-state index contributed by atoms with van der Waals surface area (Å²) in [7, 11) is 0. The molecule has 1 N–H and O–H groups in total. The van der Waals surface area contributed by atoms with Gasteiger partial charge in [0.1, 0.15) is 0 Å². The average molecular weight is 1780 g/mol. The minimum atomic E-state index is -0.0589. The standard InChI is InChI=1S/C18H24.C15H24O.C15H24.2C14H22.C14H28.C14H22.C13H28O2.C9H20/c1-17(2,3)15-11-13-9-7-8-10-14(13)12-16(15)18(4,5)6;1-14(2,3)12-7-8-13(15(4,5)6)11(9-12)10-16;1-11-10-12(14(2,3)4)8-9-13(11)15(5,6)7;1-13(2,3)11-7-9-12(10-8-11)14(4,5)6;1-13(2,3)11-8-7-9-12(10-11)14(4,5)6;2*1-13(2,3)11-9-7-8-10-12(11)14(4,5)6;1-11(10-12(2,3)4)14-8-9-15-13(5,6)7;1-8(2,3)7-9(4,5)6/h7-12H,1-6H3;7-9,16H,10H2,1-6H3;8-10H,1-7H3;2*7-10H,1-6H3;11-12H,7-10H2,1-6H3;7-10H,1-6H3;11H,8-10H2,1-7H3;7H2,1-6H3. The molecule has 129 heavy (non-hydrogen) atoms. The molecular formula is C126H214O3. The largest absolute Gasteiger partial charge is 0.392 e. The van der Waals surface area contributed by atoms with Gasteiger partial charge in [0.05, 0.1) is 31.5 Å². The summed E-state index contributed by atoms with van der Waals surface area (Å²) in [4.78, 5) is 0. The molecule has 1 fully saturated rings. The highest BCUT2D eigenvalue weighted by Gasteiger charge is 2.40. The number of aliphatic hydroxyl groups is 1. The first kappa shape index (κ1) is 124. The molecule has 1 aliphatic rings. The lowest BCUT2D eigenvalue weighted by atomic mass is 9.59. The van der Waals surface area contributed by atoms with E-state index < -0.39 is 0 Å². The number of fused-ring (bicyclic) bond motifs is 1. The van der Waals surface area contributed by atoms with E-state index >= 15 is 0 Å². The maximum absolute atomic E-state index is 9.47. The van der Waals surface area contributed by atoms with Crippen molar-refractivity contribution in [3.8, 4) is 0 Å². The van der Waals surface area contributed by atoms with E-state index in [4.69, 9.17) is 9.47 Å². The summed E-state index contributed by atoms with van der Waals surface area (Å²) in [6.45, 7) is 128. The van der Waals surface area contributed by atoms with Crippen LogP contribution >= 0.6 is 0 Å². The van der Waals surface area contributed by atoms with E-state index in [1.807, 2.05) is 0 Å². The third-order valence-corrected chi connectivity index (χ3v) is 24.1. The molecule has 0 aliphatic heterocycles. The number of aliphatic hydroxyl groups excluding tert-OH is 1. The topological polar surface area (TPSA) is 38.7 Å². The predicted molar refractivity (Wildman–Crippen MR) is 584 cm³/mol. The van der Waals surface area contributed by atoms with Gasteiger partial charge in [-0.25, -0.2) is 0 Å². The zero-order valence-corrected chi connectivity index (χ0v) is 96.2. The zero-order valence-electron chi connectivity index (χ0n) is 96.2. The van der Waals surface area contributed by atoms with Gasteiger partial charge in [-0.1, -0.05) is 512 Å². The lowest BCUT2D eigenvalue weighted by Crippen LogP contribution is -2.38. The van der Waals surface area contributed by atoms with Crippen LogP contribution in [-0.2, 0) is 81.1 Å². The van der Waals surface area contributed by atoms with Crippen molar-refractivity contribution in [2.24, 2.45) is 38.9 Å². The van der Waals surface area contributed by atoms with Crippen LogP contribution in [0, 0.1) is 45.8 Å². The Balaban J connectivity index is 0.00000143. The first-order chi connectivity index (χ1) is 57.2. The van der Waals surface area contributed by atoms with Crippen LogP contribution in [0.25, 0.3) is 10.8 Å². The number of ether oxygens (including phenoxy) is 2. The second kappa shape index (κ2) is 47.9. The first-order valence-corrected chi connectivity index (χ1v) is 50.1. The molecule has 0 spiro atoms. The number of hydrogen-bond donors (Lipinski definition) is 1. The van der Waals surface area contributed by atoms with E-state index in [0.29, 0.717) is 46.4 Å². The molecule has 0 aromatic heterocycles. The smallest absolute Gasteiger partial charge is 0.0707 e. The molecule has 0 amide bonds. The van der Waals surface area contributed by atoms with Crippen molar-refractivity contribution in [2.75, 3.05) is 13.2 Å². The van der Waals surface area contributed by atoms with Crippen molar-refractivity contribution in [2.45, 2.75) is 510 Å². The summed E-state index contributed by atoms with van der Waals surface area (Å²) in [6.07, 6.45) is 8.50. The number of benzene rings is 7. The van der Waals surface area contributed by atoms with Gasteiger partial charge in [-0.2, -0.15) is 0 Å². The highest BCUT2D eigenvalue weighted by Crippen LogP contribution is 2.49. The van der Waals surface area contributed by atoms with Crippen molar-refractivity contribution >= 4 is 10.8 Å². The Labute approximate surface area is 805 Å². The molecular weight excluding hydrogens is 1560 g/mol. The van der Waals surface area contributed by atoms with Gasteiger partial charge >= 0.3 is 0 Å². The Morgan fingerprint density at radius 3 is 0.822 bits per heavy atom. The summed E-state index contributed by atoms with van der Waals surface area (Å²) in [5.41, 5.74) is 24.2. The molecule has 3 nitrogen and oxygen atoms in total. The highest BCUT2D eigenvalue weighted by atomic mass is 16.5. The van der Waals surface area contributed by atoms with E-state index in [0.717, 1.165) is 23.8 Å². The Hall–Kier alpha value is -5.32. The molecule has 3 heteroatoms. The van der Waals surface area contributed by atoms with Crippen molar-refractivity contribution in [1.82, 2.24) is 0 Å². The monoisotopic (exact) mass is 1780 g/mol. The summed E-state index contributed by atoms with van der Waals surface area (Å²) >= 11 is 0. The number of rotatable bonds is 6. The molecule has 1 aliphatic carbocycles. The van der Waals surface area contributed by atoms with Gasteiger partial charge in [-0.3, -0.25) is 0 Å². The molecule has 3 unspecified atom stereocenters. The summed E-state index contributed by atoms with van der Waals surface area (Å²) < 4.78 is 11.3. The van der Waals surface area contributed by atoms with Crippen molar-refractivity contribution in [1.29, 1.82) is 0 Å². The third kappa shape index (κ3) is 49.1. The highest BCUT2D eigenvalue weighted by molar-refractivity contribution is 5.84. The first-order valence-electron chi connectivity index (χ1n) is 50.1. The maximum Gasteiger partial charge on any atom is 0.0707 e. The van der Waals surface area contributed by atoms with Crippen LogP contribution in [0.15, 0.2) is 146 Å². The summed E-state index contributed by atoms with van der Waals surface area (Å²) in [5, 5.41) is 12.2. The minimum absolute atomic E-state index is 0.0589. The lowest BCUT2D eigenvalue weighted by Gasteiger charge is -2.46. The Kier molecular flexibility index (Phi) is 45.9. The fourth-order valence-electron chi connectivity index (χ4n) is 17.4. The van der Waals surface area contributed by atoms with Gasteiger partial charge in [0, 0.05) is 0 Å². The maximum atomic E-state index is 9.47. The third-order valence-electron chi connectivity index (χ3n) is 24.1. The van der Waals surface area contributed by atoms with Crippen LogP contribution in [0.1, 0.15) is 497 Å². The van der Waals surface area contributed by atoms with Gasteiger partial charge in [-0.15, -0.1) is 0 Å². The molecule has 7 aromatic rings. The molecule has 736 valence electrons. The van der Waals surface area contributed by atoms with E-state index in [9.17, 15) is 5.11 Å². The summed E-state index contributed by atoms with van der Waals surface area (Å²) in [5.74, 6) is 1.85. The molecule has 0 heterocycles. The number of hydrogen-bond acceptors (Lipinski definition) is 3. The average Bonchev–Trinajstić information content (AvgIpc) is 0.767. The van der Waals surface area contributed by atoms with Crippen LogP contribution in [0.5, 0.6) is 0 Å². The van der Waals surface area contributed by atoms with Crippen molar-refractivity contribution in [3.05, 3.63) is 223 Å². The van der Waals surface area contributed by atoms with Crippen LogP contribution in [0.2, 0.25) is 0 Å². The van der Waals surface area contributed by atoms with Crippen molar-refractivity contribution < 1.29 is 14.6 Å². The molecule has 7 aromatic carbocycles. The van der Waals surface area contributed by atoms with Crippen molar-refractivity contribution in [3.63, 3.8) is 0 Å². The second-order valence-corrected chi connectivity index (χ2v) is 57.4. The van der Waals surface area contributed by atoms with Gasteiger partial charge in [0.25, 0.3) is 0 Å². The van der Waals surface area contributed by atoms with E-state index in [1.165, 1.54) is 115 Å². The van der Waals surface area contributed by atoms with E-state index in [1.54, 1.807) is 0 Å². The lowest BCUT2D eigenvalue weighted by molar-refractivity contribution is -0.0540. The van der Waals surface area contributed by atoms with Crippen LogP contribution in [-0.4, -0.2) is 30.0 Å². The van der Waals surface area contributed by atoms with Gasteiger partial charge in [0.2, 0.25) is 0 Å². The fraction of sp³-hybridized carbons (Fsp3) is 0.683. The van der Waals surface area contributed by atoms with Crippen LogP contribution in [0.4, 0.5) is 0 Å². The normalized spacial score (nSPS) is 15.2. The Bertz CT molecular complexity index is 4170. The minimum Gasteiger partial charge on any atom is -0.392 e. The molecule has 0 bridgehead atoms. The van der Waals surface area contributed by atoms with Crippen LogP contribution in [0.3, 0.4) is 0 Å². The summed E-state index contributed by atoms with van der Waals surface area (Å²) in [6, 6.07) is 53.5. The van der Waals surface area contributed by atoms with E-state index in [-0.39, 0.29) is 77.2 Å². The molecule has 0 saturated heterocycles. The zero-order chi connectivity index (χ0) is 102. The molecule has 0 radical (unpaired) electrons. The SMILES string of the molecule is CC(C)(C)C1CCCCC1C(C)(C)C.CC(C)(C)CC(C)(C)C.CC(C)(C)c1cc2ccccc2cc1C(C)(C)C.CC(C)(C)c1ccc(C(C)(C)C)c(CO)c1.CC(C)(C)c1ccc(C(C)(C)C)cc1.CC(C)(C)c1cccc(C(C)(C)C)c1.CC(C)(C)c1ccccc1C(C)(C)C.CC(CC(C)(C)C)OCCOC(C)(C)C.Cc1cc(C(C)(C)C)ccc1C(C)(C)C. The van der Waals surface area contributed by atoms with Crippen LogP contribution < -0.4 is 0 Å². The molecule has 1 saturated carbocycles.